The zero-order valence-corrected chi connectivity index (χ0v) is 10.2. The molecule has 0 aliphatic rings. The summed E-state index contributed by atoms with van der Waals surface area (Å²) in [6.07, 6.45) is 0. The first-order valence-electron chi connectivity index (χ1n) is 5.48. The highest BCUT2D eigenvalue weighted by molar-refractivity contribution is 5.97. The average molecular weight is 253 g/mol. The topological polar surface area (TPSA) is 98.2 Å². The van der Waals surface area contributed by atoms with Gasteiger partial charge in [-0.25, -0.2) is 4.39 Å². The molecule has 0 radical (unpaired) electrons. The lowest BCUT2D eigenvalue weighted by atomic mass is 10.0. The van der Waals surface area contributed by atoms with Crippen LogP contribution in [0.5, 0.6) is 0 Å². The predicted molar refractivity (Wildman–Crippen MR) is 66.4 cm³/mol. The Balaban J connectivity index is 2.89. The Hall–Kier alpha value is -1.95. The molecule has 0 bridgehead atoms. The lowest BCUT2D eigenvalue weighted by molar-refractivity contribution is -0.119. The fourth-order valence-corrected chi connectivity index (χ4v) is 1.29. The molecule has 0 fully saturated rings. The molecular formula is C12H16FN3O2. The molecule has 98 valence electrons. The number of benzene rings is 1. The first-order valence-corrected chi connectivity index (χ1v) is 5.48. The first-order chi connectivity index (χ1) is 8.32. The summed E-state index contributed by atoms with van der Waals surface area (Å²) in [6.45, 7) is 3.39. The normalized spacial score (nSPS) is 13.8. The number of halogens is 1. The van der Waals surface area contributed by atoms with Gasteiger partial charge in [0.15, 0.2) is 0 Å². The van der Waals surface area contributed by atoms with E-state index >= 15 is 0 Å². The van der Waals surface area contributed by atoms with Crippen LogP contribution in [0, 0.1) is 11.7 Å². The van der Waals surface area contributed by atoms with Crippen LogP contribution in [-0.2, 0) is 4.79 Å². The van der Waals surface area contributed by atoms with E-state index in [1.165, 1.54) is 12.1 Å². The molecular weight excluding hydrogens is 237 g/mol. The van der Waals surface area contributed by atoms with Crippen molar-refractivity contribution < 1.29 is 14.0 Å². The summed E-state index contributed by atoms with van der Waals surface area (Å²) in [4.78, 5) is 22.7. The second kappa shape index (κ2) is 5.59. The highest BCUT2D eigenvalue weighted by Crippen LogP contribution is 2.15. The number of carbonyl (C=O) groups excluding carboxylic acids is 2. The van der Waals surface area contributed by atoms with Crippen molar-refractivity contribution in [3.8, 4) is 0 Å². The Bertz CT molecular complexity index is 474. The van der Waals surface area contributed by atoms with Gasteiger partial charge in [0.05, 0.1) is 11.5 Å². The van der Waals surface area contributed by atoms with Gasteiger partial charge < -0.3 is 16.8 Å². The Morgan fingerprint density at radius 1 is 1.33 bits per heavy atom. The van der Waals surface area contributed by atoms with Crippen molar-refractivity contribution in [3.63, 3.8) is 0 Å². The summed E-state index contributed by atoms with van der Waals surface area (Å²) >= 11 is 0. The summed E-state index contributed by atoms with van der Waals surface area (Å²) in [5.41, 5.74) is 10.7. The minimum atomic E-state index is -0.885. The largest absolute Gasteiger partial charge is 0.366 e. The molecule has 0 spiro atoms. The van der Waals surface area contributed by atoms with Crippen LogP contribution in [0.1, 0.15) is 24.2 Å². The number of nitrogens with one attached hydrogen (secondary N) is 1. The molecule has 1 rings (SSSR count). The van der Waals surface area contributed by atoms with Crippen molar-refractivity contribution in [2.75, 3.05) is 5.32 Å². The average Bonchev–Trinajstić information content (AvgIpc) is 2.29. The van der Waals surface area contributed by atoms with Crippen molar-refractivity contribution in [2.45, 2.75) is 19.9 Å². The van der Waals surface area contributed by atoms with Crippen LogP contribution in [0.25, 0.3) is 0 Å². The van der Waals surface area contributed by atoms with Crippen molar-refractivity contribution >= 4 is 17.5 Å². The third kappa shape index (κ3) is 3.27. The number of hydrogen-bond acceptors (Lipinski definition) is 3. The van der Waals surface area contributed by atoms with Crippen molar-refractivity contribution in [3.05, 3.63) is 29.6 Å². The highest BCUT2D eigenvalue weighted by Gasteiger charge is 2.18. The number of anilines is 1. The van der Waals surface area contributed by atoms with E-state index in [-0.39, 0.29) is 17.5 Å². The minimum absolute atomic E-state index is 0.263. The molecule has 5 N–H and O–H groups in total. The number of primary amides is 1. The second-order valence-corrected chi connectivity index (χ2v) is 4.20. The van der Waals surface area contributed by atoms with Gasteiger partial charge in [-0.1, -0.05) is 6.92 Å². The van der Waals surface area contributed by atoms with Crippen molar-refractivity contribution in [2.24, 2.45) is 17.4 Å². The van der Waals surface area contributed by atoms with Crippen LogP contribution in [0.3, 0.4) is 0 Å². The lowest BCUT2D eigenvalue weighted by Gasteiger charge is -2.15. The fraction of sp³-hybridized carbons (Fsp3) is 0.333. The molecule has 0 aliphatic heterocycles. The molecule has 2 amide bonds. The second-order valence-electron chi connectivity index (χ2n) is 4.20. The number of hydrogen-bond donors (Lipinski definition) is 3. The van der Waals surface area contributed by atoms with E-state index in [4.69, 9.17) is 11.5 Å². The van der Waals surface area contributed by atoms with Gasteiger partial charge >= 0.3 is 0 Å². The van der Waals surface area contributed by atoms with Gasteiger partial charge in [0.25, 0.3) is 5.91 Å². The monoisotopic (exact) mass is 253 g/mol. The SMILES string of the molecule is CC(N)C(C)C(=O)Nc1ccc(F)c(C(N)=O)c1. The molecule has 0 aromatic heterocycles. The molecule has 0 heterocycles. The molecule has 6 heteroatoms. The van der Waals surface area contributed by atoms with Gasteiger partial charge in [-0.05, 0) is 25.1 Å². The van der Waals surface area contributed by atoms with Crippen LogP contribution in [0.2, 0.25) is 0 Å². The van der Waals surface area contributed by atoms with Crippen molar-refractivity contribution in [1.82, 2.24) is 0 Å². The molecule has 2 unspecified atom stereocenters. The molecule has 0 saturated heterocycles. The maximum atomic E-state index is 13.2. The third-order valence-corrected chi connectivity index (χ3v) is 2.70. The first kappa shape index (κ1) is 14.1. The van der Waals surface area contributed by atoms with Crippen LogP contribution < -0.4 is 16.8 Å². The van der Waals surface area contributed by atoms with Gasteiger partial charge in [-0.15, -0.1) is 0 Å². The van der Waals surface area contributed by atoms with Crippen LogP contribution in [0.15, 0.2) is 18.2 Å². The van der Waals surface area contributed by atoms with Gasteiger partial charge in [0.2, 0.25) is 5.91 Å². The van der Waals surface area contributed by atoms with Crippen LogP contribution in [0.4, 0.5) is 10.1 Å². The Morgan fingerprint density at radius 3 is 2.44 bits per heavy atom. The summed E-state index contributed by atoms with van der Waals surface area (Å²) in [6, 6.07) is 3.32. The van der Waals surface area contributed by atoms with Crippen molar-refractivity contribution in [1.29, 1.82) is 0 Å². The predicted octanol–water partition coefficient (Wildman–Crippen LogP) is 0.846. The standard InChI is InChI=1S/C12H16FN3O2/c1-6(7(2)14)12(18)16-8-3-4-10(13)9(5-8)11(15)17/h3-7H,14H2,1-2H3,(H2,15,17)(H,16,18). The highest BCUT2D eigenvalue weighted by atomic mass is 19.1. The molecule has 18 heavy (non-hydrogen) atoms. The summed E-state index contributed by atoms with van der Waals surface area (Å²) < 4.78 is 13.2. The van der Waals surface area contributed by atoms with E-state index in [1.807, 2.05) is 0 Å². The Morgan fingerprint density at radius 2 is 1.94 bits per heavy atom. The zero-order chi connectivity index (χ0) is 13.9. The van der Waals surface area contributed by atoms with Gasteiger partial charge in [0.1, 0.15) is 5.82 Å². The maximum Gasteiger partial charge on any atom is 0.251 e. The van der Waals surface area contributed by atoms with Gasteiger partial charge in [0, 0.05) is 11.7 Å². The molecule has 0 saturated carbocycles. The number of rotatable bonds is 4. The fourth-order valence-electron chi connectivity index (χ4n) is 1.29. The van der Waals surface area contributed by atoms with E-state index in [1.54, 1.807) is 13.8 Å². The molecule has 1 aromatic carbocycles. The van der Waals surface area contributed by atoms with E-state index < -0.39 is 17.6 Å². The quantitative estimate of drug-likeness (QED) is 0.741. The maximum absolute atomic E-state index is 13.2. The minimum Gasteiger partial charge on any atom is -0.366 e. The lowest BCUT2D eigenvalue weighted by Crippen LogP contribution is -2.34. The number of nitrogens with two attached hydrogens (primary N) is 2. The molecule has 2 atom stereocenters. The van der Waals surface area contributed by atoms with Crippen LogP contribution in [-0.4, -0.2) is 17.9 Å². The van der Waals surface area contributed by atoms with Gasteiger partial charge in [-0.2, -0.15) is 0 Å². The Labute approximate surface area is 104 Å². The Kier molecular flexibility index (Phi) is 4.38. The van der Waals surface area contributed by atoms with E-state index in [0.29, 0.717) is 5.69 Å². The summed E-state index contributed by atoms with van der Waals surface area (Å²) in [5, 5.41) is 2.55. The number of carbonyl (C=O) groups is 2. The molecule has 0 aliphatic carbocycles. The van der Waals surface area contributed by atoms with Crippen LogP contribution >= 0.6 is 0 Å². The summed E-state index contributed by atoms with van der Waals surface area (Å²) in [5.74, 6) is -2.30. The number of amides is 2. The van der Waals surface area contributed by atoms with E-state index in [2.05, 4.69) is 5.32 Å². The molecule has 5 nitrogen and oxygen atoms in total. The van der Waals surface area contributed by atoms with E-state index in [0.717, 1.165) is 6.07 Å². The molecule has 1 aromatic rings. The zero-order valence-electron chi connectivity index (χ0n) is 10.2. The smallest absolute Gasteiger partial charge is 0.251 e. The third-order valence-electron chi connectivity index (χ3n) is 2.70. The summed E-state index contributed by atoms with van der Waals surface area (Å²) in [7, 11) is 0. The van der Waals surface area contributed by atoms with Gasteiger partial charge in [-0.3, -0.25) is 9.59 Å². The van der Waals surface area contributed by atoms with E-state index in [9.17, 15) is 14.0 Å².